The number of aromatic nitrogens is 2. The number of amides is 2. The number of piperidine rings is 1. The minimum atomic E-state index is -0.0517. The van der Waals surface area contributed by atoms with Crippen LogP contribution in [0.1, 0.15) is 36.0 Å². The van der Waals surface area contributed by atoms with E-state index in [4.69, 9.17) is 9.26 Å². The highest BCUT2D eigenvalue weighted by Crippen LogP contribution is 2.25. The van der Waals surface area contributed by atoms with Gasteiger partial charge in [0.2, 0.25) is 0 Å². The summed E-state index contributed by atoms with van der Waals surface area (Å²) in [5.74, 6) is 1.23. The molecule has 0 saturated carbocycles. The van der Waals surface area contributed by atoms with Crippen molar-refractivity contribution in [2.45, 2.75) is 31.9 Å². The molecule has 1 fully saturated rings. The van der Waals surface area contributed by atoms with Gasteiger partial charge >= 0.3 is 6.03 Å². The molecule has 7 heteroatoms. The minimum absolute atomic E-state index is 0.0517. The summed E-state index contributed by atoms with van der Waals surface area (Å²) < 4.78 is 10.1. The Balaban J connectivity index is 1.55. The minimum Gasteiger partial charge on any atom is -0.375 e. The van der Waals surface area contributed by atoms with Gasteiger partial charge < -0.3 is 19.5 Å². The van der Waals surface area contributed by atoms with Crippen LogP contribution in [0, 0.1) is 0 Å². The molecule has 1 unspecified atom stereocenters. The van der Waals surface area contributed by atoms with Crippen LogP contribution in [0.5, 0.6) is 0 Å². The summed E-state index contributed by atoms with van der Waals surface area (Å²) in [6.45, 7) is 2.19. The second-order valence-corrected chi connectivity index (χ2v) is 5.91. The standard InChI is InChI=1S/C17H22N4O3/c1-23-12-15-19-16(20-24-15)14-8-5-9-21(11-14)17(22)18-10-13-6-3-2-4-7-13/h2-4,6-7,14H,5,8-12H2,1H3,(H,18,22). The summed E-state index contributed by atoms with van der Waals surface area (Å²) in [4.78, 5) is 18.6. The number of likely N-dealkylation sites (tertiary alicyclic amines) is 1. The Labute approximate surface area is 141 Å². The first kappa shape index (κ1) is 16.4. The Bertz CT molecular complexity index is 659. The van der Waals surface area contributed by atoms with Crippen molar-refractivity contribution in [3.05, 3.63) is 47.6 Å². The molecule has 2 heterocycles. The lowest BCUT2D eigenvalue weighted by Gasteiger charge is -2.31. The van der Waals surface area contributed by atoms with E-state index in [0.29, 0.717) is 31.4 Å². The van der Waals surface area contributed by atoms with Crippen molar-refractivity contribution in [1.29, 1.82) is 0 Å². The van der Waals surface area contributed by atoms with Crippen LogP contribution in [0.3, 0.4) is 0 Å². The number of benzene rings is 1. The van der Waals surface area contributed by atoms with E-state index in [1.807, 2.05) is 35.2 Å². The zero-order chi connectivity index (χ0) is 16.8. The molecule has 1 saturated heterocycles. The van der Waals surface area contributed by atoms with E-state index in [2.05, 4.69) is 15.5 Å². The van der Waals surface area contributed by atoms with Gasteiger partial charge in [-0.1, -0.05) is 35.5 Å². The third-order valence-electron chi connectivity index (χ3n) is 4.11. The smallest absolute Gasteiger partial charge is 0.317 e. The fraction of sp³-hybridized carbons (Fsp3) is 0.471. The summed E-state index contributed by atoms with van der Waals surface area (Å²) in [5.41, 5.74) is 1.08. The number of carbonyl (C=O) groups is 1. The fourth-order valence-electron chi connectivity index (χ4n) is 2.87. The number of hydrogen-bond acceptors (Lipinski definition) is 5. The van der Waals surface area contributed by atoms with Gasteiger partial charge in [0, 0.05) is 32.7 Å². The molecule has 1 aromatic heterocycles. The highest BCUT2D eigenvalue weighted by Gasteiger charge is 2.27. The molecule has 3 rings (SSSR count). The maximum atomic E-state index is 12.4. The van der Waals surface area contributed by atoms with Gasteiger partial charge in [0.15, 0.2) is 5.82 Å². The van der Waals surface area contributed by atoms with E-state index in [1.54, 1.807) is 7.11 Å². The van der Waals surface area contributed by atoms with Crippen LogP contribution < -0.4 is 5.32 Å². The van der Waals surface area contributed by atoms with E-state index < -0.39 is 0 Å². The largest absolute Gasteiger partial charge is 0.375 e. The predicted octanol–water partition coefficient (Wildman–Crippen LogP) is 2.31. The van der Waals surface area contributed by atoms with Crippen molar-refractivity contribution in [2.75, 3.05) is 20.2 Å². The highest BCUT2D eigenvalue weighted by molar-refractivity contribution is 5.74. The quantitative estimate of drug-likeness (QED) is 0.910. The van der Waals surface area contributed by atoms with Crippen LogP contribution in [-0.4, -0.2) is 41.3 Å². The summed E-state index contributed by atoms with van der Waals surface area (Å²) in [6, 6.07) is 9.83. The van der Waals surface area contributed by atoms with Crippen molar-refractivity contribution >= 4 is 6.03 Å². The molecule has 128 valence electrons. The summed E-state index contributed by atoms with van der Waals surface area (Å²) in [5, 5.41) is 6.99. The second kappa shape index (κ2) is 7.92. The molecular weight excluding hydrogens is 308 g/mol. The Morgan fingerprint density at radius 1 is 1.42 bits per heavy atom. The molecule has 0 aliphatic carbocycles. The number of carbonyl (C=O) groups excluding carboxylic acids is 1. The topological polar surface area (TPSA) is 80.5 Å². The normalized spacial score (nSPS) is 17.7. The van der Waals surface area contributed by atoms with E-state index >= 15 is 0 Å². The number of ether oxygens (including phenoxy) is 1. The molecule has 24 heavy (non-hydrogen) atoms. The van der Waals surface area contributed by atoms with E-state index in [0.717, 1.165) is 24.9 Å². The molecule has 0 radical (unpaired) electrons. The third-order valence-corrected chi connectivity index (χ3v) is 4.11. The number of nitrogens with one attached hydrogen (secondary N) is 1. The predicted molar refractivity (Wildman–Crippen MR) is 87.2 cm³/mol. The summed E-state index contributed by atoms with van der Waals surface area (Å²) >= 11 is 0. The lowest BCUT2D eigenvalue weighted by atomic mass is 9.98. The van der Waals surface area contributed by atoms with Crippen LogP contribution >= 0.6 is 0 Å². The Morgan fingerprint density at radius 3 is 3.04 bits per heavy atom. The fourth-order valence-corrected chi connectivity index (χ4v) is 2.87. The Kier molecular flexibility index (Phi) is 5.43. The van der Waals surface area contributed by atoms with Gasteiger partial charge in [-0.05, 0) is 18.4 Å². The van der Waals surface area contributed by atoms with E-state index in [-0.39, 0.29) is 11.9 Å². The number of nitrogens with zero attached hydrogens (tertiary/aromatic N) is 3. The molecule has 2 amide bonds. The third kappa shape index (κ3) is 4.11. The van der Waals surface area contributed by atoms with Crippen molar-refractivity contribution in [3.8, 4) is 0 Å². The number of urea groups is 1. The van der Waals surface area contributed by atoms with Gasteiger partial charge in [-0.2, -0.15) is 4.98 Å². The Morgan fingerprint density at radius 2 is 2.25 bits per heavy atom. The summed E-state index contributed by atoms with van der Waals surface area (Å²) in [6.07, 6.45) is 1.88. The van der Waals surface area contributed by atoms with Crippen LogP contribution in [0.15, 0.2) is 34.9 Å². The zero-order valence-corrected chi connectivity index (χ0v) is 13.8. The maximum Gasteiger partial charge on any atom is 0.317 e. The number of methoxy groups -OCH3 is 1. The van der Waals surface area contributed by atoms with Gasteiger partial charge in [-0.25, -0.2) is 4.79 Å². The van der Waals surface area contributed by atoms with Crippen molar-refractivity contribution in [3.63, 3.8) is 0 Å². The molecule has 0 bridgehead atoms. The van der Waals surface area contributed by atoms with E-state index in [1.165, 1.54) is 0 Å². The molecule has 1 N–H and O–H groups in total. The molecule has 1 atom stereocenters. The molecule has 7 nitrogen and oxygen atoms in total. The lowest BCUT2D eigenvalue weighted by molar-refractivity contribution is 0.151. The molecular formula is C17H22N4O3. The van der Waals surface area contributed by atoms with Crippen molar-refractivity contribution in [2.24, 2.45) is 0 Å². The molecule has 1 aliphatic rings. The van der Waals surface area contributed by atoms with Crippen molar-refractivity contribution < 1.29 is 14.1 Å². The van der Waals surface area contributed by atoms with Gasteiger partial charge in [-0.15, -0.1) is 0 Å². The molecule has 1 aromatic carbocycles. The Hall–Kier alpha value is -2.41. The van der Waals surface area contributed by atoms with Crippen molar-refractivity contribution in [1.82, 2.24) is 20.4 Å². The van der Waals surface area contributed by atoms with Gasteiger partial charge in [-0.3, -0.25) is 0 Å². The van der Waals surface area contributed by atoms with Gasteiger partial charge in [0.1, 0.15) is 6.61 Å². The van der Waals surface area contributed by atoms with Gasteiger partial charge in [0.25, 0.3) is 5.89 Å². The zero-order valence-electron chi connectivity index (χ0n) is 13.8. The van der Waals surface area contributed by atoms with Gasteiger partial charge in [0.05, 0.1) is 0 Å². The molecule has 2 aromatic rings. The molecule has 1 aliphatic heterocycles. The lowest BCUT2D eigenvalue weighted by Crippen LogP contribution is -2.44. The van der Waals surface area contributed by atoms with Crippen LogP contribution in [0.4, 0.5) is 4.79 Å². The maximum absolute atomic E-state index is 12.4. The summed E-state index contributed by atoms with van der Waals surface area (Å²) in [7, 11) is 1.59. The average Bonchev–Trinajstić information content (AvgIpc) is 3.10. The first-order chi connectivity index (χ1) is 11.8. The molecule has 0 spiro atoms. The van der Waals surface area contributed by atoms with E-state index in [9.17, 15) is 4.79 Å². The number of hydrogen-bond donors (Lipinski definition) is 1. The monoisotopic (exact) mass is 330 g/mol. The average molecular weight is 330 g/mol. The first-order valence-corrected chi connectivity index (χ1v) is 8.14. The SMILES string of the molecule is COCc1nc(C2CCCN(C(=O)NCc3ccccc3)C2)no1. The second-order valence-electron chi connectivity index (χ2n) is 5.91. The van der Waals surface area contributed by atoms with Crippen LogP contribution in [0.2, 0.25) is 0 Å². The van der Waals surface area contributed by atoms with Crippen LogP contribution in [0.25, 0.3) is 0 Å². The number of rotatable bonds is 5. The first-order valence-electron chi connectivity index (χ1n) is 8.14. The highest BCUT2D eigenvalue weighted by atomic mass is 16.5. The van der Waals surface area contributed by atoms with Crippen LogP contribution in [-0.2, 0) is 17.9 Å².